The van der Waals surface area contributed by atoms with Crippen molar-refractivity contribution in [3.63, 3.8) is 0 Å². The zero-order valence-corrected chi connectivity index (χ0v) is 43.7. The third-order valence-corrected chi connectivity index (χ3v) is 14.9. The fraction of sp³-hybridized carbons (Fsp3) is 0.517. The lowest BCUT2D eigenvalue weighted by molar-refractivity contribution is -0.161. The zero-order chi connectivity index (χ0) is 50.7. The van der Waals surface area contributed by atoms with Crippen molar-refractivity contribution in [3.8, 4) is 0 Å². The predicted molar refractivity (Wildman–Crippen MR) is 280 cm³/mol. The third-order valence-electron chi connectivity index (χ3n) is 14.9. The van der Waals surface area contributed by atoms with Crippen molar-refractivity contribution >= 4 is 34.7 Å². The van der Waals surface area contributed by atoms with Crippen molar-refractivity contribution < 1.29 is 28.7 Å². The number of nitrogens with zero attached hydrogens (tertiary/aromatic N) is 6. The first-order valence-electron chi connectivity index (χ1n) is 25.1. The summed E-state index contributed by atoms with van der Waals surface area (Å²) in [5.74, 6) is -0.00995. The van der Waals surface area contributed by atoms with Gasteiger partial charge in [-0.2, -0.15) is 0 Å². The van der Waals surface area contributed by atoms with Gasteiger partial charge in [-0.1, -0.05) is 42.5 Å². The van der Waals surface area contributed by atoms with Gasteiger partial charge in [0.15, 0.2) is 17.3 Å². The van der Waals surface area contributed by atoms with Crippen LogP contribution in [0, 0.1) is 12.1 Å². The second-order valence-corrected chi connectivity index (χ2v) is 21.2. The van der Waals surface area contributed by atoms with Crippen LogP contribution in [-0.2, 0) is 31.9 Å². The minimum Gasteiger partial charge on any atom is -0.460 e. The van der Waals surface area contributed by atoms with Crippen molar-refractivity contribution in [3.05, 3.63) is 131 Å². The van der Waals surface area contributed by atoms with Crippen LogP contribution >= 0.6 is 0 Å². The molecule has 0 N–H and O–H groups in total. The Morgan fingerprint density at radius 1 is 0.571 bits per heavy atom. The van der Waals surface area contributed by atoms with Gasteiger partial charge in [0.25, 0.3) is 0 Å². The van der Waals surface area contributed by atoms with Crippen molar-refractivity contribution in [1.29, 1.82) is 0 Å². The summed E-state index contributed by atoms with van der Waals surface area (Å²) in [6, 6.07) is 37.8. The molecule has 2 atom stereocenters. The van der Waals surface area contributed by atoms with Gasteiger partial charge in [-0.15, -0.1) is 0 Å². The van der Waals surface area contributed by atoms with Crippen LogP contribution in [0.4, 0.5) is 11.4 Å². The Balaban J connectivity index is 0.856. The Kier molecular flexibility index (Phi) is 18.2. The molecule has 0 aliphatic carbocycles. The molecule has 2 saturated heterocycles. The molecule has 2 unspecified atom stereocenters. The average molecular weight is 955 g/mol. The van der Waals surface area contributed by atoms with Gasteiger partial charge in [0.05, 0.1) is 24.1 Å². The number of likely N-dealkylation sites (N-methyl/N-ethyl adjacent to an activating group) is 2. The lowest BCUT2D eigenvalue weighted by Crippen LogP contribution is -2.50. The molecule has 2 aliphatic heterocycles. The number of ketones is 3. The highest BCUT2D eigenvalue weighted by Gasteiger charge is 2.38. The molecule has 0 radical (unpaired) electrons. The van der Waals surface area contributed by atoms with Gasteiger partial charge < -0.3 is 19.3 Å². The maximum absolute atomic E-state index is 13.8. The average Bonchev–Trinajstić information content (AvgIpc) is 3.35. The second-order valence-electron chi connectivity index (χ2n) is 21.2. The molecule has 0 spiro atoms. The van der Waals surface area contributed by atoms with Crippen molar-refractivity contribution in [1.82, 2.24) is 19.6 Å². The van der Waals surface area contributed by atoms with Gasteiger partial charge in [-0.25, -0.2) is 0 Å². The van der Waals surface area contributed by atoms with Gasteiger partial charge in [0.2, 0.25) is 0 Å². The van der Waals surface area contributed by atoms with E-state index in [9.17, 15) is 19.2 Å². The van der Waals surface area contributed by atoms with Crippen LogP contribution in [0.15, 0.2) is 97.1 Å². The van der Waals surface area contributed by atoms with E-state index in [0.717, 1.165) is 74.9 Å². The van der Waals surface area contributed by atoms with Crippen molar-refractivity contribution in [2.45, 2.75) is 95.9 Å². The monoisotopic (exact) mass is 955 g/mol. The summed E-state index contributed by atoms with van der Waals surface area (Å²) in [6.45, 7) is 19.6. The Morgan fingerprint density at radius 2 is 1.04 bits per heavy atom. The third kappa shape index (κ3) is 14.1. The van der Waals surface area contributed by atoms with E-state index < -0.39 is 22.3 Å². The standard InChI is InChI=1S/C58H78N6O6/c1-55(2,70-52(66)30-33-62-36-40-64(41-37-62)50-27-23-48(24-28-50)54(68)58(6,60(9)10)44-46-19-15-12-16-20-46)31-42-69-56(3,4)51(65)29-32-61-34-38-63(39-35-61)49-25-21-47(22-26-49)53(67)57(5,59(7)8)43-45-17-13-11-14-18-45/h11,13-15,17-28H,29-44H2,1-10H3. The van der Waals surface area contributed by atoms with Crippen LogP contribution in [0.5, 0.6) is 0 Å². The number of rotatable bonds is 24. The first-order chi connectivity index (χ1) is 33.2. The number of esters is 1. The van der Waals surface area contributed by atoms with Crippen LogP contribution in [0.1, 0.15) is 92.6 Å². The molecule has 2 fully saturated rings. The number of ether oxygens (including phenoxy) is 2. The lowest BCUT2D eigenvalue weighted by Gasteiger charge is -2.37. The fourth-order valence-corrected chi connectivity index (χ4v) is 9.34. The van der Waals surface area contributed by atoms with Crippen LogP contribution in [0.2, 0.25) is 0 Å². The minimum atomic E-state index is -0.958. The largest absolute Gasteiger partial charge is 0.460 e. The van der Waals surface area contributed by atoms with Crippen LogP contribution < -0.4 is 9.80 Å². The quantitative estimate of drug-likeness (QED) is 0.0511. The normalized spacial score (nSPS) is 16.9. The van der Waals surface area contributed by atoms with E-state index in [1.807, 2.05) is 152 Å². The molecular formula is C58H78N6O6. The van der Waals surface area contributed by atoms with Gasteiger partial charge in [0.1, 0.15) is 11.2 Å². The molecule has 6 rings (SSSR count). The van der Waals surface area contributed by atoms with E-state index in [0.29, 0.717) is 62.9 Å². The number of anilines is 2. The molecule has 4 aromatic carbocycles. The number of hydrogen-bond donors (Lipinski definition) is 0. The molecule has 0 aromatic heterocycles. The van der Waals surface area contributed by atoms with Crippen LogP contribution in [0.25, 0.3) is 0 Å². The SMILES string of the molecule is CN(C)C(C)(Cc1cc#ccc1)C(=O)c1ccc(N2CCN(CCC(=O)OC(C)(C)CCOC(C)(C)C(=O)CCN3CCN(c4ccc(C(=O)C(C)(Cc5ccccc5)N(C)C)cc4)CC3)CC2)cc1. The summed E-state index contributed by atoms with van der Waals surface area (Å²) in [5, 5.41) is 0. The smallest absolute Gasteiger partial charge is 0.307 e. The van der Waals surface area contributed by atoms with Gasteiger partial charge >= 0.3 is 5.97 Å². The first-order valence-corrected chi connectivity index (χ1v) is 25.1. The highest BCUT2D eigenvalue weighted by Crippen LogP contribution is 2.28. The molecule has 12 nitrogen and oxygen atoms in total. The number of benzene rings is 3. The Morgan fingerprint density at radius 3 is 1.50 bits per heavy atom. The molecule has 2 heterocycles. The fourth-order valence-electron chi connectivity index (χ4n) is 9.34. The zero-order valence-electron chi connectivity index (χ0n) is 43.7. The summed E-state index contributed by atoms with van der Waals surface area (Å²) in [7, 11) is 7.82. The van der Waals surface area contributed by atoms with E-state index in [4.69, 9.17) is 9.47 Å². The highest BCUT2D eigenvalue weighted by molar-refractivity contribution is 6.04. The summed E-state index contributed by atoms with van der Waals surface area (Å²) in [4.78, 5) is 67.3. The summed E-state index contributed by atoms with van der Waals surface area (Å²) in [6.07, 6.45) is 2.36. The molecule has 0 amide bonds. The van der Waals surface area contributed by atoms with E-state index in [2.05, 4.69) is 56.0 Å². The topological polar surface area (TPSA) is 106 Å². The molecule has 70 heavy (non-hydrogen) atoms. The van der Waals surface area contributed by atoms with E-state index in [-0.39, 0.29) is 23.3 Å². The molecule has 2 aliphatic rings. The molecule has 0 saturated carbocycles. The minimum absolute atomic E-state index is 0.0504. The summed E-state index contributed by atoms with van der Waals surface area (Å²) in [5.41, 5.74) is 2.67. The molecule has 0 bridgehead atoms. The molecular weight excluding hydrogens is 877 g/mol. The first kappa shape index (κ1) is 53.9. The van der Waals surface area contributed by atoms with E-state index >= 15 is 0 Å². The Labute approximate surface area is 418 Å². The maximum Gasteiger partial charge on any atom is 0.307 e. The Bertz CT molecular complexity index is 2320. The molecule has 376 valence electrons. The van der Waals surface area contributed by atoms with E-state index in [1.54, 1.807) is 0 Å². The number of carbonyl (C=O) groups excluding carboxylic acids is 4. The summed E-state index contributed by atoms with van der Waals surface area (Å²) < 4.78 is 12.1. The van der Waals surface area contributed by atoms with Crippen molar-refractivity contribution in [2.24, 2.45) is 0 Å². The maximum atomic E-state index is 13.8. The highest BCUT2D eigenvalue weighted by atomic mass is 16.6. The molecule has 4 aromatic rings. The molecule has 12 heteroatoms. The van der Waals surface area contributed by atoms with Crippen LogP contribution in [-0.4, -0.2) is 165 Å². The van der Waals surface area contributed by atoms with Gasteiger partial charge in [-0.05, 0) is 160 Å². The second kappa shape index (κ2) is 23.7. The number of piperazine rings is 2. The Hall–Kier alpha value is -5.42. The van der Waals surface area contributed by atoms with Crippen LogP contribution in [0.3, 0.4) is 0 Å². The van der Waals surface area contributed by atoms with Crippen molar-refractivity contribution in [2.75, 3.05) is 110 Å². The predicted octanol–water partition coefficient (Wildman–Crippen LogP) is 7.58. The summed E-state index contributed by atoms with van der Waals surface area (Å²) >= 11 is 0. The number of hydrogen-bond acceptors (Lipinski definition) is 12. The van der Waals surface area contributed by atoms with Gasteiger partial charge in [-0.3, -0.25) is 38.8 Å². The number of carbonyl (C=O) groups is 4. The van der Waals surface area contributed by atoms with E-state index in [1.165, 1.54) is 0 Å². The van der Waals surface area contributed by atoms with Gasteiger partial charge in [0, 0.05) is 101 Å². The number of Topliss-reactive ketones (excluding diaryl/α,β-unsaturated/α-hetero) is 3. The lowest BCUT2D eigenvalue weighted by atomic mass is 9.84.